The summed E-state index contributed by atoms with van der Waals surface area (Å²) in [5.41, 5.74) is 2.49. The van der Waals surface area contributed by atoms with Crippen LogP contribution < -0.4 is 15.4 Å². The van der Waals surface area contributed by atoms with E-state index in [0.717, 1.165) is 4.88 Å². The van der Waals surface area contributed by atoms with Gasteiger partial charge in [-0.2, -0.15) is 0 Å². The number of rotatable bonds is 7. The van der Waals surface area contributed by atoms with Crippen LogP contribution in [0.2, 0.25) is 0 Å². The molecule has 0 bridgehead atoms. The third-order valence-electron chi connectivity index (χ3n) is 4.54. The molecule has 2 amide bonds. The SMILES string of the molecule is CC(C)(C)c1ccc(C(=O)Nc2ccc(OCC(=O)NCc3cccs3)cc2)cc1. The average Bonchev–Trinajstić information content (AvgIpc) is 3.25. The summed E-state index contributed by atoms with van der Waals surface area (Å²) < 4.78 is 5.51. The van der Waals surface area contributed by atoms with Crippen molar-refractivity contribution in [3.8, 4) is 5.75 Å². The van der Waals surface area contributed by atoms with E-state index in [1.54, 1.807) is 35.6 Å². The molecule has 2 aromatic carbocycles. The number of nitrogens with one attached hydrogen (secondary N) is 2. The van der Waals surface area contributed by atoms with E-state index in [1.165, 1.54) is 5.56 Å². The van der Waals surface area contributed by atoms with Crippen LogP contribution >= 0.6 is 11.3 Å². The average molecular weight is 423 g/mol. The number of hydrogen-bond acceptors (Lipinski definition) is 4. The largest absolute Gasteiger partial charge is 0.484 e. The van der Waals surface area contributed by atoms with Crippen LogP contribution in [0.15, 0.2) is 66.0 Å². The number of hydrogen-bond donors (Lipinski definition) is 2. The van der Waals surface area contributed by atoms with E-state index in [0.29, 0.717) is 23.5 Å². The van der Waals surface area contributed by atoms with E-state index in [4.69, 9.17) is 4.74 Å². The number of anilines is 1. The van der Waals surface area contributed by atoms with Gasteiger partial charge in [0.25, 0.3) is 11.8 Å². The summed E-state index contributed by atoms with van der Waals surface area (Å²) in [6, 6.07) is 18.5. The Labute approximate surface area is 181 Å². The molecule has 6 heteroatoms. The highest BCUT2D eigenvalue weighted by atomic mass is 32.1. The maximum absolute atomic E-state index is 12.4. The first-order chi connectivity index (χ1) is 14.3. The Morgan fingerprint density at radius 1 is 0.967 bits per heavy atom. The Hall–Kier alpha value is -3.12. The fourth-order valence-electron chi connectivity index (χ4n) is 2.76. The standard InChI is InChI=1S/C24H26N2O3S/c1-24(2,3)18-8-6-17(7-9-18)23(28)26-19-10-12-20(13-11-19)29-16-22(27)25-15-21-5-4-14-30-21/h4-14H,15-16H2,1-3H3,(H,25,27)(H,26,28). The smallest absolute Gasteiger partial charge is 0.258 e. The molecular weight excluding hydrogens is 396 g/mol. The number of benzene rings is 2. The molecule has 0 unspecified atom stereocenters. The molecule has 156 valence electrons. The number of thiophene rings is 1. The quantitative estimate of drug-likeness (QED) is 0.563. The van der Waals surface area contributed by atoms with Gasteiger partial charge in [-0.25, -0.2) is 0 Å². The van der Waals surface area contributed by atoms with Crippen LogP contribution in [0.4, 0.5) is 5.69 Å². The predicted octanol–water partition coefficient (Wildman–Crippen LogP) is 4.99. The van der Waals surface area contributed by atoms with Gasteiger partial charge in [0, 0.05) is 16.1 Å². The second kappa shape index (κ2) is 9.59. The molecule has 3 aromatic rings. The molecule has 1 aromatic heterocycles. The normalized spacial score (nSPS) is 11.0. The van der Waals surface area contributed by atoms with E-state index in [1.807, 2.05) is 41.8 Å². The van der Waals surface area contributed by atoms with E-state index >= 15 is 0 Å². The zero-order valence-corrected chi connectivity index (χ0v) is 18.2. The highest BCUT2D eigenvalue weighted by Crippen LogP contribution is 2.23. The summed E-state index contributed by atoms with van der Waals surface area (Å²) in [4.78, 5) is 25.4. The van der Waals surface area contributed by atoms with Crippen LogP contribution in [-0.2, 0) is 16.8 Å². The lowest BCUT2D eigenvalue weighted by molar-refractivity contribution is -0.123. The summed E-state index contributed by atoms with van der Waals surface area (Å²) in [6.07, 6.45) is 0. The minimum Gasteiger partial charge on any atom is -0.484 e. The third-order valence-corrected chi connectivity index (χ3v) is 5.41. The summed E-state index contributed by atoms with van der Waals surface area (Å²) in [6.45, 7) is 6.86. The molecule has 0 fully saturated rings. The summed E-state index contributed by atoms with van der Waals surface area (Å²) in [5, 5.41) is 7.66. The van der Waals surface area contributed by atoms with Gasteiger partial charge in [0.05, 0.1) is 6.54 Å². The first-order valence-corrected chi connectivity index (χ1v) is 10.6. The van der Waals surface area contributed by atoms with Gasteiger partial charge in [0.15, 0.2) is 6.61 Å². The van der Waals surface area contributed by atoms with Crippen LogP contribution in [0.3, 0.4) is 0 Å². The van der Waals surface area contributed by atoms with Crippen molar-refractivity contribution in [2.45, 2.75) is 32.7 Å². The molecule has 2 N–H and O–H groups in total. The first kappa shape index (κ1) is 21.6. The predicted molar refractivity (Wildman–Crippen MR) is 121 cm³/mol. The van der Waals surface area contributed by atoms with Gasteiger partial charge < -0.3 is 15.4 Å². The highest BCUT2D eigenvalue weighted by molar-refractivity contribution is 7.09. The molecule has 30 heavy (non-hydrogen) atoms. The van der Waals surface area contributed by atoms with E-state index in [-0.39, 0.29) is 23.8 Å². The molecule has 0 aliphatic rings. The maximum Gasteiger partial charge on any atom is 0.258 e. The van der Waals surface area contributed by atoms with Crippen molar-refractivity contribution in [2.75, 3.05) is 11.9 Å². The number of ether oxygens (including phenoxy) is 1. The molecule has 0 spiro atoms. The summed E-state index contributed by atoms with van der Waals surface area (Å²) in [5.74, 6) is 0.213. The minimum atomic E-state index is -0.181. The monoisotopic (exact) mass is 422 g/mol. The molecular formula is C24H26N2O3S. The van der Waals surface area contributed by atoms with Gasteiger partial charge in [-0.15, -0.1) is 11.3 Å². The summed E-state index contributed by atoms with van der Waals surface area (Å²) in [7, 11) is 0. The van der Waals surface area contributed by atoms with Crippen LogP contribution in [0.5, 0.6) is 5.75 Å². The van der Waals surface area contributed by atoms with Crippen molar-refractivity contribution in [2.24, 2.45) is 0 Å². The van der Waals surface area contributed by atoms with Gasteiger partial charge >= 0.3 is 0 Å². The Morgan fingerprint density at radius 3 is 2.27 bits per heavy atom. The topological polar surface area (TPSA) is 67.4 Å². The zero-order valence-electron chi connectivity index (χ0n) is 17.4. The van der Waals surface area contributed by atoms with Crippen molar-refractivity contribution in [3.63, 3.8) is 0 Å². The summed E-state index contributed by atoms with van der Waals surface area (Å²) >= 11 is 1.60. The number of carbonyl (C=O) groups is 2. The highest BCUT2D eigenvalue weighted by Gasteiger charge is 2.14. The van der Waals surface area contributed by atoms with Crippen molar-refractivity contribution in [1.29, 1.82) is 0 Å². The van der Waals surface area contributed by atoms with Crippen molar-refractivity contribution in [1.82, 2.24) is 5.32 Å². The molecule has 3 rings (SSSR count). The van der Waals surface area contributed by atoms with Crippen molar-refractivity contribution < 1.29 is 14.3 Å². The van der Waals surface area contributed by atoms with Gasteiger partial charge in [-0.05, 0) is 58.8 Å². The fraction of sp³-hybridized carbons (Fsp3) is 0.250. The Kier molecular flexibility index (Phi) is 6.90. The number of amides is 2. The first-order valence-electron chi connectivity index (χ1n) is 9.75. The minimum absolute atomic E-state index is 0.0473. The Bertz CT molecular complexity index is 973. The molecule has 1 heterocycles. The molecule has 0 saturated carbocycles. The molecule has 0 aliphatic heterocycles. The molecule has 0 atom stereocenters. The van der Waals surface area contributed by atoms with E-state index in [2.05, 4.69) is 31.4 Å². The number of carbonyl (C=O) groups excluding carboxylic acids is 2. The Morgan fingerprint density at radius 2 is 1.67 bits per heavy atom. The molecule has 5 nitrogen and oxygen atoms in total. The zero-order chi connectivity index (χ0) is 21.6. The lowest BCUT2D eigenvalue weighted by Gasteiger charge is -2.19. The second-order valence-electron chi connectivity index (χ2n) is 7.95. The molecule has 0 saturated heterocycles. The van der Waals surface area contributed by atoms with Gasteiger partial charge in [-0.3, -0.25) is 9.59 Å². The molecule has 0 radical (unpaired) electrons. The Balaban J connectivity index is 1.48. The van der Waals surface area contributed by atoms with Gasteiger partial charge in [-0.1, -0.05) is 39.0 Å². The van der Waals surface area contributed by atoms with Crippen LogP contribution in [0, 0.1) is 0 Å². The third kappa shape index (κ3) is 6.19. The van der Waals surface area contributed by atoms with Crippen molar-refractivity contribution >= 4 is 28.8 Å². The van der Waals surface area contributed by atoms with E-state index in [9.17, 15) is 9.59 Å². The second-order valence-corrected chi connectivity index (χ2v) is 8.98. The van der Waals surface area contributed by atoms with Crippen LogP contribution in [0.25, 0.3) is 0 Å². The fourth-order valence-corrected chi connectivity index (χ4v) is 3.40. The maximum atomic E-state index is 12.4. The van der Waals surface area contributed by atoms with Crippen molar-refractivity contribution in [3.05, 3.63) is 82.0 Å². The lowest BCUT2D eigenvalue weighted by Crippen LogP contribution is -2.28. The molecule has 0 aliphatic carbocycles. The van der Waals surface area contributed by atoms with Gasteiger partial charge in [0.1, 0.15) is 5.75 Å². The van der Waals surface area contributed by atoms with E-state index < -0.39 is 0 Å². The van der Waals surface area contributed by atoms with Crippen LogP contribution in [-0.4, -0.2) is 18.4 Å². The van der Waals surface area contributed by atoms with Crippen LogP contribution in [0.1, 0.15) is 41.6 Å². The van der Waals surface area contributed by atoms with Gasteiger partial charge in [0.2, 0.25) is 0 Å². The lowest BCUT2D eigenvalue weighted by atomic mass is 9.87.